The number of para-hydroxylation sites is 1. The fourth-order valence-corrected chi connectivity index (χ4v) is 3.93. The molecule has 0 heterocycles. The van der Waals surface area contributed by atoms with E-state index in [1.165, 1.54) is 47.8 Å². The van der Waals surface area contributed by atoms with Gasteiger partial charge in [0.05, 0.1) is 10.6 Å². The first-order chi connectivity index (χ1) is 14.3. The number of carbonyl (C=O) groups is 1. The molecule has 3 aromatic carbocycles. The van der Waals surface area contributed by atoms with Crippen molar-refractivity contribution in [3.8, 4) is 5.75 Å². The van der Waals surface area contributed by atoms with Crippen molar-refractivity contribution in [2.75, 3.05) is 16.7 Å². The van der Waals surface area contributed by atoms with Gasteiger partial charge in [-0.3, -0.25) is 9.10 Å². The highest BCUT2D eigenvalue weighted by Gasteiger charge is 2.22. The number of hydrogen-bond donors (Lipinski definition) is 1. The van der Waals surface area contributed by atoms with Crippen molar-refractivity contribution in [2.45, 2.75) is 17.9 Å². The van der Waals surface area contributed by atoms with Crippen molar-refractivity contribution in [1.82, 2.24) is 0 Å². The topological polar surface area (TPSA) is 75.7 Å². The molecule has 0 spiro atoms. The fourth-order valence-electron chi connectivity index (χ4n) is 2.68. The molecule has 3 aromatic rings. The molecule has 0 saturated carbocycles. The molecule has 6 nitrogen and oxygen atoms in total. The fraction of sp³-hybridized carbons (Fsp3) is 0.136. The number of sulfonamides is 1. The maximum atomic E-state index is 13.0. The van der Waals surface area contributed by atoms with Gasteiger partial charge in [0.15, 0.2) is 6.10 Å². The van der Waals surface area contributed by atoms with E-state index < -0.39 is 27.9 Å². The van der Waals surface area contributed by atoms with Crippen LogP contribution in [0.3, 0.4) is 0 Å². The number of amides is 1. The van der Waals surface area contributed by atoms with Gasteiger partial charge in [-0.2, -0.15) is 0 Å². The number of halogens is 1. The summed E-state index contributed by atoms with van der Waals surface area (Å²) < 4.78 is 45.5. The van der Waals surface area contributed by atoms with E-state index in [0.29, 0.717) is 17.1 Å². The van der Waals surface area contributed by atoms with Crippen LogP contribution in [-0.2, 0) is 14.8 Å². The average Bonchev–Trinajstić information content (AvgIpc) is 2.75. The van der Waals surface area contributed by atoms with Gasteiger partial charge < -0.3 is 10.1 Å². The third-order valence-electron chi connectivity index (χ3n) is 4.38. The third kappa shape index (κ3) is 4.96. The maximum absolute atomic E-state index is 13.0. The van der Waals surface area contributed by atoms with Gasteiger partial charge in [0.1, 0.15) is 11.6 Å². The second kappa shape index (κ2) is 8.96. The van der Waals surface area contributed by atoms with Crippen molar-refractivity contribution >= 4 is 27.3 Å². The van der Waals surface area contributed by atoms with Gasteiger partial charge in [-0.25, -0.2) is 12.8 Å². The van der Waals surface area contributed by atoms with Crippen molar-refractivity contribution < 1.29 is 22.3 Å². The van der Waals surface area contributed by atoms with Crippen LogP contribution < -0.4 is 14.4 Å². The Labute approximate surface area is 175 Å². The first kappa shape index (κ1) is 21.3. The molecule has 156 valence electrons. The number of nitrogens with zero attached hydrogens (tertiary/aromatic N) is 1. The quantitative estimate of drug-likeness (QED) is 0.616. The molecule has 1 amide bonds. The second-order valence-electron chi connectivity index (χ2n) is 6.54. The Bertz CT molecular complexity index is 1120. The lowest BCUT2D eigenvalue weighted by Crippen LogP contribution is -2.30. The van der Waals surface area contributed by atoms with Crippen LogP contribution in [0.5, 0.6) is 5.75 Å². The van der Waals surface area contributed by atoms with Gasteiger partial charge in [-0.15, -0.1) is 0 Å². The number of hydrogen-bond acceptors (Lipinski definition) is 4. The monoisotopic (exact) mass is 428 g/mol. The molecule has 0 fully saturated rings. The number of rotatable bonds is 7. The first-order valence-electron chi connectivity index (χ1n) is 9.14. The molecule has 0 aromatic heterocycles. The number of anilines is 2. The van der Waals surface area contributed by atoms with E-state index in [2.05, 4.69) is 5.32 Å². The zero-order valence-corrected chi connectivity index (χ0v) is 17.3. The van der Waals surface area contributed by atoms with Crippen molar-refractivity contribution in [3.05, 3.63) is 84.7 Å². The molecular formula is C22H21FN2O4S. The molecule has 30 heavy (non-hydrogen) atoms. The van der Waals surface area contributed by atoms with Crippen LogP contribution in [0.1, 0.15) is 6.92 Å². The smallest absolute Gasteiger partial charge is 0.265 e. The van der Waals surface area contributed by atoms with Crippen LogP contribution in [0, 0.1) is 5.82 Å². The largest absolute Gasteiger partial charge is 0.481 e. The standard InChI is InChI=1S/C22H21FN2O4S/c1-16(29-20-13-11-17(23)12-14-20)22(26)24-18-7-6-10-21(15-18)30(27,28)25(2)19-8-4-3-5-9-19/h3-16H,1-2H3,(H,24,26)/t16-/m1/s1. The first-order valence-corrected chi connectivity index (χ1v) is 10.6. The summed E-state index contributed by atoms with van der Waals surface area (Å²) in [6.45, 7) is 1.54. The molecule has 3 rings (SSSR count). The SMILES string of the molecule is C[C@@H](Oc1ccc(F)cc1)C(=O)Nc1cccc(S(=O)(=O)N(C)c2ccccc2)c1. The normalized spacial score (nSPS) is 12.1. The minimum absolute atomic E-state index is 0.0405. The average molecular weight is 428 g/mol. The van der Waals surface area contributed by atoms with E-state index in [4.69, 9.17) is 4.74 Å². The van der Waals surface area contributed by atoms with E-state index in [1.807, 2.05) is 0 Å². The lowest BCUT2D eigenvalue weighted by molar-refractivity contribution is -0.122. The Morgan fingerprint density at radius 3 is 2.33 bits per heavy atom. The molecular weight excluding hydrogens is 407 g/mol. The molecule has 0 aliphatic rings. The predicted octanol–water partition coefficient (Wildman–Crippen LogP) is 4.06. The summed E-state index contributed by atoms with van der Waals surface area (Å²) >= 11 is 0. The van der Waals surface area contributed by atoms with E-state index >= 15 is 0 Å². The van der Waals surface area contributed by atoms with Gasteiger partial charge in [-0.1, -0.05) is 24.3 Å². The van der Waals surface area contributed by atoms with Crippen molar-refractivity contribution in [2.24, 2.45) is 0 Å². The summed E-state index contributed by atoms with van der Waals surface area (Å²) in [6.07, 6.45) is -0.872. The van der Waals surface area contributed by atoms with E-state index in [0.717, 1.165) is 0 Å². The van der Waals surface area contributed by atoms with Gasteiger partial charge in [0.2, 0.25) is 0 Å². The molecule has 8 heteroatoms. The Morgan fingerprint density at radius 1 is 1.00 bits per heavy atom. The highest BCUT2D eigenvalue weighted by atomic mass is 32.2. The molecule has 0 radical (unpaired) electrons. The summed E-state index contributed by atoms with van der Waals surface area (Å²) in [5, 5.41) is 2.64. The van der Waals surface area contributed by atoms with Crippen LogP contribution in [0.4, 0.5) is 15.8 Å². The van der Waals surface area contributed by atoms with E-state index in [1.54, 1.807) is 49.4 Å². The van der Waals surface area contributed by atoms with Crippen LogP contribution in [0.25, 0.3) is 0 Å². The van der Waals surface area contributed by atoms with Crippen LogP contribution in [0.2, 0.25) is 0 Å². The van der Waals surface area contributed by atoms with E-state index in [9.17, 15) is 17.6 Å². The number of ether oxygens (including phenoxy) is 1. The molecule has 1 atom stereocenters. The highest BCUT2D eigenvalue weighted by molar-refractivity contribution is 7.92. The molecule has 0 bridgehead atoms. The molecule has 0 aliphatic carbocycles. The lowest BCUT2D eigenvalue weighted by Gasteiger charge is -2.20. The van der Waals surface area contributed by atoms with Gasteiger partial charge in [0.25, 0.3) is 15.9 Å². The highest BCUT2D eigenvalue weighted by Crippen LogP contribution is 2.24. The van der Waals surface area contributed by atoms with Crippen LogP contribution in [0.15, 0.2) is 83.8 Å². The van der Waals surface area contributed by atoms with Gasteiger partial charge in [0, 0.05) is 12.7 Å². The zero-order valence-electron chi connectivity index (χ0n) is 16.4. The molecule has 0 unspecified atom stereocenters. The number of nitrogens with one attached hydrogen (secondary N) is 1. The maximum Gasteiger partial charge on any atom is 0.265 e. The van der Waals surface area contributed by atoms with E-state index in [-0.39, 0.29) is 4.90 Å². The van der Waals surface area contributed by atoms with Gasteiger partial charge in [-0.05, 0) is 61.5 Å². The van der Waals surface area contributed by atoms with Crippen molar-refractivity contribution in [3.63, 3.8) is 0 Å². The van der Waals surface area contributed by atoms with Gasteiger partial charge >= 0.3 is 0 Å². The molecule has 1 N–H and O–H groups in total. The third-order valence-corrected chi connectivity index (χ3v) is 6.16. The lowest BCUT2D eigenvalue weighted by atomic mass is 10.3. The van der Waals surface area contributed by atoms with Crippen molar-refractivity contribution in [1.29, 1.82) is 0 Å². The second-order valence-corrected chi connectivity index (χ2v) is 8.51. The minimum Gasteiger partial charge on any atom is -0.481 e. The van der Waals surface area contributed by atoms with Crippen LogP contribution in [-0.4, -0.2) is 27.5 Å². The Hall–Kier alpha value is -3.39. The summed E-state index contributed by atoms with van der Waals surface area (Å²) in [7, 11) is -2.34. The summed E-state index contributed by atoms with van der Waals surface area (Å²) in [6, 6.07) is 20.0. The Balaban J connectivity index is 1.73. The molecule has 0 saturated heterocycles. The van der Waals surface area contributed by atoms with Crippen LogP contribution >= 0.6 is 0 Å². The Morgan fingerprint density at radius 2 is 1.67 bits per heavy atom. The predicted molar refractivity (Wildman–Crippen MR) is 114 cm³/mol. The number of carbonyl (C=O) groups excluding carboxylic acids is 1. The summed E-state index contributed by atoms with van der Waals surface area (Å²) in [5.74, 6) is -0.525. The summed E-state index contributed by atoms with van der Waals surface area (Å²) in [4.78, 5) is 12.5. The Kier molecular flexibility index (Phi) is 6.37. The zero-order chi connectivity index (χ0) is 21.7. The molecule has 0 aliphatic heterocycles. The minimum atomic E-state index is -3.81. The summed E-state index contributed by atoms with van der Waals surface area (Å²) in [5.41, 5.74) is 0.838. The number of benzene rings is 3.